The highest BCUT2D eigenvalue weighted by Gasteiger charge is 2.00. The van der Waals surface area contributed by atoms with E-state index in [4.69, 9.17) is 0 Å². The maximum absolute atomic E-state index is 4.03. The third-order valence-corrected chi connectivity index (χ3v) is 1.28. The molecular weight excluding hydrogens is 126 g/mol. The third-order valence-electron chi connectivity index (χ3n) is 1.28. The van der Waals surface area contributed by atoms with Gasteiger partial charge in [0.25, 0.3) is 0 Å². The Bertz CT molecular complexity index is 280. The fourth-order valence-electron chi connectivity index (χ4n) is 0.802. The van der Waals surface area contributed by atoms with Crippen LogP contribution in [0.2, 0.25) is 0 Å². The molecule has 48 valence electrons. The minimum absolute atomic E-state index is 0.699. The van der Waals surface area contributed by atoms with E-state index in [0.29, 0.717) is 5.82 Å². The van der Waals surface area contributed by atoms with Gasteiger partial charge in [0.1, 0.15) is 0 Å². The Kier molecular flexibility index (Phi) is 1.07. The molecule has 2 aliphatic heterocycles. The highest BCUT2D eigenvalue weighted by molar-refractivity contribution is 5.52. The highest BCUT2D eigenvalue weighted by Crippen LogP contribution is 2.11. The van der Waals surface area contributed by atoms with Crippen LogP contribution in [0.25, 0.3) is 11.4 Å². The molecule has 0 amide bonds. The molecule has 0 aliphatic carbocycles. The Labute approximate surface area is 58.1 Å². The van der Waals surface area contributed by atoms with Gasteiger partial charge in [-0.3, -0.25) is 0 Å². The summed E-state index contributed by atoms with van der Waals surface area (Å²) in [5.74, 6) is 0.699. The monoisotopic (exact) mass is 131 g/mol. The number of aromatic nitrogens is 3. The van der Waals surface area contributed by atoms with Gasteiger partial charge in [0.05, 0.1) is 6.20 Å². The largest absolute Gasteiger partial charge is 0.235 e. The molecule has 0 N–H and O–H groups in total. The van der Waals surface area contributed by atoms with Crippen molar-refractivity contribution in [1.29, 1.82) is 0 Å². The number of nitrogens with zero attached hydrogens (tertiary/aromatic N) is 3. The lowest BCUT2D eigenvalue weighted by atomic mass is 10.3. The summed E-state index contributed by atoms with van der Waals surface area (Å²) in [6, 6.07) is 5.71. The van der Waals surface area contributed by atoms with Crippen LogP contribution in [0.4, 0.5) is 0 Å². The van der Waals surface area contributed by atoms with Gasteiger partial charge < -0.3 is 0 Å². The van der Waals surface area contributed by atoms with Crippen LogP contribution in [0.5, 0.6) is 0 Å². The predicted octanol–water partition coefficient (Wildman–Crippen LogP) is 0.976. The summed E-state index contributed by atoms with van der Waals surface area (Å²) >= 11 is 0. The van der Waals surface area contributed by atoms with Crippen molar-refractivity contribution in [3.05, 3.63) is 30.6 Å². The first-order chi connectivity index (χ1) is 4.97. The van der Waals surface area contributed by atoms with Gasteiger partial charge in [0.15, 0.2) is 5.82 Å². The Morgan fingerprint density at radius 1 is 1.20 bits per heavy atom. The van der Waals surface area contributed by atoms with Crippen molar-refractivity contribution in [1.82, 2.24) is 15.2 Å². The Morgan fingerprint density at radius 2 is 2.20 bits per heavy atom. The summed E-state index contributed by atoms with van der Waals surface area (Å²) in [5.41, 5.74) is 0.977. The lowest BCUT2D eigenvalue weighted by molar-refractivity contribution is 1.07. The predicted molar refractivity (Wildman–Crippen MR) is 36.4 cm³/mol. The summed E-state index contributed by atoms with van der Waals surface area (Å²) in [6.45, 7) is 0. The van der Waals surface area contributed by atoms with Crippen LogP contribution in [-0.2, 0) is 0 Å². The molecule has 0 spiro atoms. The number of fused-ring (bicyclic) bond motifs is 1. The number of hydrogen-bond donors (Lipinski definition) is 0. The molecule has 2 rings (SSSR count). The van der Waals surface area contributed by atoms with Gasteiger partial charge in [0.2, 0.25) is 0 Å². The molecule has 0 aromatic heterocycles. The van der Waals surface area contributed by atoms with E-state index in [1.807, 2.05) is 18.2 Å². The van der Waals surface area contributed by atoms with Gasteiger partial charge in [-0.1, -0.05) is 6.07 Å². The summed E-state index contributed by atoms with van der Waals surface area (Å²) < 4.78 is 0. The molecule has 0 aromatic carbocycles. The highest BCUT2D eigenvalue weighted by atomic mass is 15.1. The van der Waals surface area contributed by atoms with Crippen molar-refractivity contribution in [2.75, 3.05) is 0 Å². The quantitative estimate of drug-likeness (QED) is 0.534. The average molecular weight is 131 g/mol. The van der Waals surface area contributed by atoms with E-state index in [-0.39, 0.29) is 0 Å². The molecule has 0 atom stereocenters. The molecule has 0 saturated carbocycles. The van der Waals surface area contributed by atoms with Crippen LogP contribution in [0.1, 0.15) is 0 Å². The summed E-state index contributed by atoms with van der Waals surface area (Å²) in [7, 11) is 0. The Morgan fingerprint density at radius 3 is 3.20 bits per heavy atom. The van der Waals surface area contributed by atoms with E-state index >= 15 is 0 Å². The zero-order valence-corrected chi connectivity index (χ0v) is 5.23. The zero-order chi connectivity index (χ0) is 6.81. The van der Waals surface area contributed by atoms with Crippen molar-refractivity contribution >= 4 is 0 Å². The molecule has 3 nitrogen and oxygen atoms in total. The molecular formula is C7H5N3. The molecule has 0 bridgehead atoms. The van der Waals surface area contributed by atoms with Gasteiger partial charge in [-0.15, -0.1) is 5.10 Å². The van der Waals surface area contributed by atoms with Crippen LogP contribution in [0.3, 0.4) is 0 Å². The van der Waals surface area contributed by atoms with Gasteiger partial charge in [-0.2, -0.15) is 5.10 Å². The fourth-order valence-corrected chi connectivity index (χ4v) is 0.802. The minimum atomic E-state index is 0.699. The first kappa shape index (κ1) is 5.29. The second-order valence-corrected chi connectivity index (χ2v) is 1.95. The second kappa shape index (κ2) is 2.02. The van der Waals surface area contributed by atoms with E-state index in [9.17, 15) is 0 Å². The van der Waals surface area contributed by atoms with E-state index in [0.717, 1.165) is 5.56 Å². The summed E-state index contributed by atoms with van der Waals surface area (Å²) in [6.07, 6.45) is 3.40. The first-order valence-corrected chi connectivity index (χ1v) is 2.99. The molecule has 0 unspecified atom stereocenters. The third kappa shape index (κ3) is 0.719. The lowest BCUT2D eigenvalue weighted by Crippen LogP contribution is -1.74. The van der Waals surface area contributed by atoms with E-state index in [2.05, 4.69) is 15.2 Å². The van der Waals surface area contributed by atoms with E-state index in [1.54, 1.807) is 12.4 Å². The lowest BCUT2D eigenvalue weighted by Gasteiger charge is -1.79. The van der Waals surface area contributed by atoms with Crippen molar-refractivity contribution in [2.24, 2.45) is 0 Å². The summed E-state index contributed by atoms with van der Waals surface area (Å²) in [5, 5.41) is 7.51. The normalized spacial score (nSPS) is 10.0. The SMILES string of the molecule is c1ccc2cnnc-2nc1. The van der Waals surface area contributed by atoms with Crippen LogP contribution in [0, 0.1) is 0 Å². The van der Waals surface area contributed by atoms with E-state index in [1.165, 1.54) is 0 Å². The van der Waals surface area contributed by atoms with Crippen LogP contribution >= 0.6 is 0 Å². The molecule has 3 heteroatoms. The van der Waals surface area contributed by atoms with Crippen molar-refractivity contribution in [3.8, 4) is 11.4 Å². The van der Waals surface area contributed by atoms with E-state index < -0.39 is 0 Å². The molecule has 0 radical (unpaired) electrons. The Hall–Kier alpha value is -1.51. The smallest absolute Gasteiger partial charge is 0.183 e. The standard InChI is InChI=1S/C7H5N3/c1-2-4-8-7-6(3-1)5-9-10-7/h1-5H. The van der Waals surface area contributed by atoms with Gasteiger partial charge >= 0.3 is 0 Å². The zero-order valence-electron chi connectivity index (χ0n) is 5.23. The molecule has 0 saturated heterocycles. The van der Waals surface area contributed by atoms with Crippen molar-refractivity contribution in [2.45, 2.75) is 0 Å². The van der Waals surface area contributed by atoms with Crippen LogP contribution in [-0.4, -0.2) is 15.2 Å². The fraction of sp³-hybridized carbons (Fsp3) is 0. The maximum atomic E-state index is 4.03. The molecule has 0 aromatic rings. The molecule has 0 fully saturated rings. The topological polar surface area (TPSA) is 38.7 Å². The maximum Gasteiger partial charge on any atom is 0.183 e. The van der Waals surface area contributed by atoms with Crippen molar-refractivity contribution < 1.29 is 0 Å². The van der Waals surface area contributed by atoms with Crippen molar-refractivity contribution in [3.63, 3.8) is 0 Å². The van der Waals surface area contributed by atoms with Crippen LogP contribution in [0.15, 0.2) is 30.6 Å². The van der Waals surface area contributed by atoms with Gasteiger partial charge in [0, 0.05) is 11.8 Å². The average Bonchev–Trinajstić information content (AvgIpc) is 2.28. The second-order valence-electron chi connectivity index (χ2n) is 1.95. The molecule has 2 heterocycles. The van der Waals surface area contributed by atoms with Crippen LogP contribution < -0.4 is 0 Å². The minimum Gasteiger partial charge on any atom is -0.235 e. The molecule has 2 aliphatic rings. The molecule has 10 heavy (non-hydrogen) atoms. The number of hydrogen-bond acceptors (Lipinski definition) is 3. The van der Waals surface area contributed by atoms with Gasteiger partial charge in [-0.25, -0.2) is 4.98 Å². The first-order valence-electron chi connectivity index (χ1n) is 2.99. The summed E-state index contributed by atoms with van der Waals surface area (Å²) in [4.78, 5) is 4.03. The Balaban J connectivity index is 2.74. The number of rotatable bonds is 0. The van der Waals surface area contributed by atoms with Gasteiger partial charge in [-0.05, 0) is 12.1 Å².